The summed E-state index contributed by atoms with van der Waals surface area (Å²) in [5, 5.41) is 15.1. The van der Waals surface area contributed by atoms with Crippen LogP contribution in [0.15, 0.2) is 36.5 Å². The molecule has 0 bridgehead atoms. The third-order valence-electron chi connectivity index (χ3n) is 7.56. The molecule has 1 fully saturated rings. The van der Waals surface area contributed by atoms with Gasteiger partial charge in [0.25, 0.3) is 0 Å². The van der Waals surface area contributed by atoms with Gasteiger partial charge >= 0.3 is 6.09 Å². The Balaban J connectivity index is 1.31. The van der Waals surface area contributed by atoms with E-state index in [1.807, 2.05) is 30.3 Å². The summed E-state index contributed by atoms with van der Waals surface area (Å²) in [6.07, 6.45) is 2.20. The van der Waals surface area contributed by atoms with Gasteiger partial charge < -0.3 is 25.5 Å². The SMILES string of the molecule is CC(C)(C)C(=O)N(CC(=O)Nc1ccc2c(c1)CC1(C2)C(=O)Nc2ncccc21)[C@H]1CCN(C(=O)O)C1. The zero-order valence-electron chi connectivity index (χ0n) is 21.2. The predicted molar refractivity (Wildman–Crippen MR) is 136 cm³/mol. The lowest BCUT2D eigenvalue weighted by Crippen LogP contribution is -2.50. The summed E-state index contributed by atoms with van der Waals surface area (Å²) in [6.45, 7) is 5.70. The van der Waals surface area contributed by atoms with Gasteiger partial charge in [0.05, 0.1) is 11.5 Å². The van der Waals surface area contributed by atoms with Gasteiger partial charge in [-0.1, -0.05) is 32.9 Å². The molecule has 1 aliphatic carbocycles. The van der Waals surface area contributed by atoms with Crippen LogP contribution in [0.25, 0.3) is 0 Å². The van der Waals surface area contributed by atoms with Crippen molar-refractivity contribution in [3.05, 3.63) is 53.2 Å². The molecule has 0 radical (unpaired) electrons. The molecule has 10 nitrogen and oxygen atoms in total. The van der Waals surface area contributed by atoms with Crippen LogP contribution in [0.2, 0.25) is 0 Å². The van der Waals surface area contributed by atoms with E-state index in [-0.39, 0.29) is 36.9 Å². The van der Waals surface area contributed by atoms with Crippen LogP contribution in [0.5, 0.6) is 0 Å². The fourth-order valence-electron chi connectivity index (χ4n) is 5.67. The van der Waals surface area contributed by atoms with E-state index in [1.165, 1.54) is 9.80 Å². The van der Waals surface area contributed by atoms with Crippen molar-refractivity contribution in [1.29, 1.82) is 0 Å². The second kappa shape index (κ2) is 8.86. The lowest BCUT2D eigenvalue weighted by molar-refractivity contribution is -0.144. The van der Waals surface area contributed by atoms with Crippen molar-refractivity contribution in [2.75, 3.05) is 30.3 Å². The first kappa shape index (κ1) is 24.7. The smallest absolute Gasteiger partial charge is 0.407 e. The molecule has 0 saturated carbocycles. The van der Waals surface area contributed by atoms with Gasteiger partial charge in [0.2, 0.25) is 17.7 Å². The number of aromatic nitrogens is 1. The number of amides is 4. The van der Waals surface area contributed by atoms with Gasteiger partial charge in [-0.05, 0) is 48.6 Å². The molecule has 1 aromatic carbocycles. The maximum atomic E-state index is 13.2. The van der Waals surface area contributed by atoms with Crippen molar-refractivity contribution in [2.24, 2.45) is 5.41 Å². The van der Waals surface area contributed by atoms with Crippen molar-refractivity contribution in [2.45, 2.75) is 51.5 Å². The third-order valence-corrected chi connectivity index (χ3v) is 7.56. The molecule has 194 valence electrons. The second-order valence-electron chi connectivity index (χ2n) is 11.2. The molecule has 4 amide bonds. The highest BCUT2D eigenvalue weighted by molar-refractivity contribution is 6.06. The lowest BCUT2D eigenvalue weighted by atomic mass is 9.79. The molecule has 3 N–H and O–H groups in total. The first-order valence-corrected chi connectivity index (χ1v) is 12.5. The summed E-state index contributed by atoms with van der Waals surface area (Å²) in [4.78, 5) is 57.7. The minimum atomic E-state index is -1.03. The van der Waals surface area contributed by atoms with E-state index in [2.05, 4.69) is 15.6 Å². The number of carbonyl (C=O) groups is 4. The molecule has 10 heteroatoms. The molecule has 2 aromatic rings. The van der Waals surface area contributed by atoms with Crippen LogP contribution in [-0.2, 0) is 32.6 Å². The monoisotopic (exact) mass is 505 g/mol. The third kappa shape index (κ3) is 4.41. The van der Waals surface area contributed by atoms with Crippen LogP contribution in [0.1, 0.15) is 43.9 Å². The van der Waals surface area contributed by atoms with Gasteiger partial charge in [0, 0.05) is 36.0 Å². The normalized spacial score (nSPS) is 22.0. The van der Waals surface area contributed by atoms with E-state index >= 15 is 0 Å². The van der Waals surface area contributed by atoms with Crippen LogP contribution in [0.3, 0.4) is 0 Å². The van der Waals surface area contributed by atoms with E-state index in [1.54, 1.807) is 27.0 Å². The highest BCUT2D eigenvalue weighted by Gasteiger charge is 2.51. The van der Waals surface area contributed by atoms with Gasteiger partial charge in [-0.15, -0.1) is 0 Å². The fourth-order valence-corrected chi connectivity index (χ4v) is 5.67. The molecule has 2 atom stereocenters. The predicted octanol–water partition coefficient (Wildman–Crippen LogP) is 2.64. The summed E-state index contributed by atoms with van der Waals surface area (Å²) >= 11 is 0. The number of carbonyl (C=O) groups excluding carboxylic acids is 3. The molecule has 1 aromatic heterocycles. The Morgan fingerprint density at radius 3 is 2.68 bits per heavy atom. The molecular formula is C27H31N5O5. The first-order valence-electron chi connectivity index (χ1n) is 12.5. The van der Waals surface area contributed by atoms with E-state index in [0.717, 1.165) is 16.7 Å². The second-order valence-corrected chi connectivity index (χ2v) is 11.2. The van der Waals surface area contributed by atoms with Gasteiger partial charge in [0.1, 0.15) is 12.4 Å². The summed E-state index contributed by atoms with van der Waals surface area (Å²) < 4.78 is 0. The van der Waals surface area contributed by atoms with Crippen LogP contribution >= 0.6 is 0 Å². The summed E-state index contributed by atoms with van der Waals surface area (Å²) in [6, 6.07) is 9.04. The van der Waals surface area contributed by atoms with Crippen LogP contribution in [-0.4, -0.2) is 69.4 Å². The van der Waals surface area contributed by atoms with Crippen LogP contribution < -0.4 is 10.6 Å². The van der Waals surface area contributed by atoms with Crippen LogP contribution in [0, 0.1) is 5.41 Å². The van der Waals surface area contributed by atoms with E-state index in [4.69, 9.17) is 0 Å². The van der Waals surface area contributed by atoms with Gasteiger partial charge in [-0.2, -0.15) is 0 Å². The Kier molecular flexibility index (Phi) is 5.92. The van der Waals surface area contributed by atoms with E-state index < -0.39 is 16.9 Å². The quantitative estimate of drug-likeness (QED) is 0.585. The minimum absolute atomic E-state index is 0.0636. The van der Waals surface area contributed by atoms with Crippen molar-refractivity contribution >= 4 is 35.3 Å². The number of nitrogens with zero attached hydrogens (tertiary/aromatic N) is 3. The van der Waals surface area contributed by atoms with E-state index in [9.17, 15) is 24.3 Å². The zero-order chi connectivity index (χ0) is 26.5. The largest absolute Gasteiger partial charge is 0.465 e. The summed E-state index contributed by atoms with van der Waals surface area (Å²) in [5.74, 6) is -0.0143. The maximum Gasteiger partial charge on any atom is 0.407 e. The highest BCUT2D eigenvalue weighted by Crippen LogP contribution is 2.46. The van der Waals surface area contributed by atoms with Gasteiger partial charge in [-0.3, -0.25) is 14.4 Å². The maximum absolute atomic E-state index is 13.2. The number of likely N-dealkylation sites (tertiary alicyclic amines) is 1. The van der Waals surface area contributed by atoms with Crippen molar-refractivity contribution in [1.82, 2.24) is 14.8 Å². The van der Waals surface area contributed by atoms with Gasteiger partial charge in [0.15, 0.2) is 0 Å². The Morgan fingerprint density at radius 1 is 1.22 bits per heavy atom. The number of benzene rings is 1. The zero-order valence-corrected chi connectivity index (χ0v) is 21.2. The van der Waals surface area contributed by atoms with Gasteiger partial charge in [-0.25, -0.2) is 9.78 Å². The van der Waals surface area contributed by atoms with Crippen molar-refractivity contribution in [3.8, 4) is 0 Å². The number of hydrogen-bond acceptors (Lipinski definition) is 5. The summed E-state index contributed by atoms with van der Waals surface area (Å²) in [7, 11) is 0. The van der Waals surface area contributed by atoms with Crippen molar-refractivity contribution < 1.29 is 24.3 Å². The first-order chi connectivity index (χ1) is 17.5. The Morgan fingerprint density at radius 2 is 1.97 bits per heavy atom. The number of carboxylic acid groups (broad SMARTS) is 1. The summed E-state index contributed by atoms with van der Waals surface area (Å²) in [5.41, 5.74) is 2.11. The Hall–Kier alpha value is -3.95. The van der Waals surface area contributed by atoms with Crippen molar-refractivity contribution in [3.63, 3.8) is 0 Å². The molecule has 1 unspecified atom stereocenters. The molecule has 3 heterocycles. The number of nitrogens with one attached hydrogen (secondary N) is 2. The number of anilines is 2. The molecular weight excluding hydrogens is 474 g/mol. The number of hydrogen-bond donors (Lipinski definition) is 3. The number of fused-ring (bicyclic) bond motifs is 3. The standard InChI is InChI=1S/C27H31N5O5/c1-26(2,3)24(35)32(19-8-10-31(14-19)25(36)37)15-21(33)29-18-7-6-16-12-27(13-17(16)11-18)20-5-4-9-28-22(20)30-23(27)34/h4-7,9,11,19H,8,10,12-15H2,1-3H3,(H,29,33)(H,36,37)(H,28,30,34)/t19-,27?/m0/s1. The number of rotatable bonds is 4. The molecule has 1 spiro atoms. The Bertz CT molecular complexity index is 1300. The molecule has 37 heavy (non-hydrogen) atoms. The lowest BCUT2D eigenvalue weighted by Gasteiger charge is -2.33. The van der Waals surface area contributed by atoms with E-state index in [0.29, 0.717) is 37.3 Å². The average Bonchev–Trinajstić information content (AvgIpc) is 3.53. The average molecular weight is 506 g/mol. The highest BCUT2D eigenvalue weighted by atomic mass is 16.4. The molecule has 3 aliphatic rings. The molecule has 1 saturated heterocycles. The minimum Gasteiger partial charge on any atom is -0.465 e. The molecule has 2 aliphatic heterocycles. The van der Waals surface area contributed by atoms with Crippen LogP contribution in [0.4, 0.5) is 16.3 Å². The fraction of sp³-hybridized carbons (Fsp3) is 0.444. The number of pyridine rings is 1. The Labute approximate surface area is 215 Å². The topological polar surface area (TPSA) is 132 Å². The molecule has 5 rings (SSSR count).